The van der Waals surface area contributed by atoms with Gasteiger partial charge in [-0.3, -0.25) is 4.79 Å². The highest BCUT2D eigenvalue weighted by Gasteiger charge is 2.17. The number of ketones is 1. The summed E-state index contributed by atoms with van der Waals surface area (Å²) >= 11 is 0. The third-order valence-corrected chi connectivity index (χ3v) is 7.88. The van der Waals surface area contributed by atoms with Gasteiger partial charge >= 0.3 is 0 Å². The zero-order valence-electron chi connectivity index (χ0n) is 21.8. The number of nitrogens with one attached hydrogen (secondary N) is 1. The first kappa shape index (κ1) is 25.0. The number of benzene rings is 2. The van der Waals surface area contributed by atoms with E-state index in [1.165, 1.54) is 35.8 Å². The maximum atomic E-state index is 12.9. The molecule has 1 aliphatic carbocycles. The van der Waals surface area contributed by atoms with Crippen LogP contribution in [0.1, 0.15) is 61.6 Å². The summed E-state index contributed by atoms with van der Waals surface area (Å²) in [6, 6.07) is 15.0. The van der Waals surface area contributed by atoms with Gasteiger partial charge in [0.05, 0.1) is 6.10 Å². The minimum Gasteiger partial charge on any atom is -0.490 e. The molecule has 0 amide bonds. The number of hydrogen-bond acceptors (Lipinski definition) is 4. The third kappa shape index (κ3) is 6.77. The van der Waals surface area contributed by atoms with Crippen LogP contribution in [0.4, 0.5) is 0 Å². The lowest BCUT2D eigenvalue weighted by atomic mass is 9.97. The molecule has 2 heterocycles. The van der Waals surface area contributed by atoms with Gasteiger partial charge in [-0.15, -0.1) is 0 Å². The Morgan fingerprint density at radius 3 is 2.61 bits per heavy atom. The second-order valence-electron chi connectivity index (χ2n) is 10.9. The predicted molar refractivity (Wildman–Crippen MR) is 147 cm³/mol. The average molecular weight is 488 g/mol. The highest BCUT2D eigenvalue weighted by atomic mass is 16.5. The highest BCUT2D eigenvalue weighted by molar-refractivity contribution is 5.83. The smallest absolute Gasteiger partial charge is 0.137 e. The lowest BCUT2D eigenvalue weighted by molar-refractivity contribution is -0.118. The van der Waals surface area contributed by atoms with E-state index in [2.05, 4.69) is 70.5 Å². The molecule has 2 aromatic carbocycles. The Kier molecular flexibility index (Phi) is 8.40. The zero-order valence-corrected chi connectivity index (χ0v) is 21.8. The number of H-pyrrole nitrogens is 1. The summed E-state index contributed by atoms with van der Waals surface area (Å²) in [4.78, 5) is 21.2. The molecule has 5 rings (SSSR count). The van der Waals surface area contributed by atoms with E-state index in [0.29, 0.717) is 24.7 Å². The number of Topliss-reactive ketones (excluding diaryl/α,β-unsaturated/α-hetero) is 1. The quantitative estimate of drug-likeness (QED) is 0.404. The van der Waals surface area contributed by atoms with E-state index in [9.17, 15) is 4.79 Å². The second-order valence-corrected chi connectivity index (χ2v) is 10.9. The van der Waals surface area contributed by atoms with E-state index in [0.717, 1.165) is 75.2 Å². The number of piperazine rings is 1. The fourth-order valence-electron chi connectivity index (χ4n) is 5.76. The van der Waals surface area contributed by atoms with Crippen molar-refractivity contribution >= 4 is 16.7 Å². The van der Waals surface area contributed by atoms with Crippen molar-refractivity contribution in [2.75, 3.05) is 39.8 Å². The van der Waals surface area contributed by atoms with Gasteiger partial charge in [0.15, 0.2) is 0 Å². The number of fused-ring (bicyclic) bond motifs is 1. The van der Waals surface area contributed by atoms with Gasteiger partial charge in [0.2, 0.25) is 0 Å². The molecular weight excluding hydrogens is 446 g/mol. The Hall–Kier alpha value is -2.63. The number of aromatic nitrogens is 1. The van der Waals surface area contributed by atoms with E-state index in [4.69, 9.17) is 4.74 Å². The van der Waals surface area contributed by atoms with Crippen LogP contribution in [-0.4, -0.2) is 66.4 Å². The Morgan fingerprint density at radius 1 is 1.00 bits per heavy atom. The van der Waals surface area contributed by atoms with Crippen LogP contribution in [0.15, 0.2) is 48.7 Å². The molecule has 3 aromatic rings. The third-order valence-electron chi connectivity index (χ3n) is 7.88. The number of rotatable bonds is 10. The number of likely N-dealkylation sites (N-methyl/N-ethyl adjacent to an activating group) is 1. The summed E-state index contributed by atoms with van der Waals surface area (Å²) in [5, 5.41) is 1.26. The topological polar surface area (TPSA) is 48.6 Å². The Labute approximate surface area is 215 Å². The summed E-state index contributed by atoms with van der Waals surface area (Å²) in [7, 11) is 2.18. The largest absolute Gasteiger partial charge is 0.490 e. The lowest BCUT2D eigenvalue weighted by Crippen LogP contribution is -2.44. The molecule has 1 N–H and O–H groups in total. The van der Waals surface area contributed by atoms with Crippen LogP contribution < -0.4 is 4.74 Å². The van der Waals surface area contributed by atoms with Gasteiger partial charge in [-0.1, -0.05) is 30.7 Å². The summed E-state index contributed by atoms with van der Waals surface area (Å²) in [5.74, 6) is 1.26. The van der Waals surface area contributed by atoms with Gasteiger partial charge in [-0.05, 0) is 87.0 Å². The SMILES string of the molecule is CN1CCN(CCCC(=O)Cc2cc(Cc3c[nH]c4ccccc34)cc(OC3CCCCC3)c2)CC1. The van der Waals surface area contributed by atoms with Crippen molar-refractivity contribution in [1.82, 2.24) is 14.8 Å². The first-order valence-electron chi connectivity index (χ1n) is 13.9. The zero-order chi connectivity index (χ0) is 24.7. The van der Waals surface area contributed by atoms with Crippen molar-refractivity contribution in [2.24, 2.45) is 0 Å². The predicted octanol–water partition coefficient (Wildman–Crippen LogP) is 5.61. The highest BCUT2D eigenvalue weighted by Crippen LogP contribution is 2.28. The maximum absolute atomic E-state index is 12.9. The summed E-state index contributed by atoms with van der Waals surface area (Å²) < 4.78 is 6.46. The van der Waals surface area contributed by atoms with Gasteiger partial charge in [0, 0.05) is 56.1 Å². The van der Waals surface area contributed by atoms with Crippen molar-refractivity contribution in [3.63, 3.8) is 0 Å². The van der Waals surface area contributed by atoms with Crippen LogP contribution in [0.2, 0.25) is 0 Å². The molecule has 0 unspecified atom stereocenters. The molecular formula is C31H41N3O2. The van der Waals surface area contributed by atoms with Gasteiger partial charge in [-0.2, -0.15) is 0 Å². The summed E-state index contributed by atoms with van der Waals surface area (Å²) in [5.41, 5.74) is 4.75. The molecule has 0 radical (unpaired) electrons. The summed E-state index contributed by atoms with van der Waals surface area (Å²) in [6.45, 7) is 5.50. The molecule has 1 aromatic heterocycles. The molecule has 0 spiro atoms. The fraction of sp³-hybridized carbons (Fsp3) is 0.516. The van der Waals surface area contributed by atoms with E-state index >= 15 is 0 Å². The van der Waals surface area contributed by atoms with Gasteiger partial charge < -0.3 is 19.5 Å². The lowest BCUT2D eigenvalue weighted by Gasteiger charge is -2.32. The average Bonchev–Trinajstić information content (AvgIpc) is 3.28. The van der Waals surface area contributed by atoms with Crippen LogP contribution in [0.5, 0.6) is 5.75 Å². The molecule has 1 saturated heterocycles. The van der Waals surface area contributed by atoms with Crippen LogP contribution in [0.25, 0.3) is 10.9 Å². The monoisotopic (exact) mass is 487 g/mol. The molecule has 0 bridgehead atoms. The number of ether oxygens (including phenoxy) is 1. The van der Waals surface area contributed by atoms with E-state index in [1.54, 1.807) is 0 Å². The van der Waals surface area contributed by atoms with E-state index in [1.807, 2.05) is 0 Å². The molecule has 1 aliphatic heterocycles. The molecule has 5 nitrogen and oxygen atoms in total. The number of aromatic amines is 1. The molecule has 2 aliphatic rings. The van der Waals surface area contributed by atoms with Crippen LogP contribution in [0, 0.1) is 0 Å². The molecule has 192 valence electrons. The van der Waals surface area contributed by atoms with Gasteiger partial charge in [0.25, 0.3) is 0 Å². The number of hydrogen-bond donors (Lipinski definition) is 1. The fourth-order valence-corrected chi connectivity index (χ4v) is 5.76. The van der Waals surface area contributed by atoms with Gasteiger partial charge in [0.1, 0.15) is 11.5 Å². The first-order chi connectivity index (χ1) is 17.6. The normalized spacial score (nSPS) is 18.0. The molecule has 5 heteroatoms. The van der Waals surface area contributed by atoms with Crippen LogP contribution >= 0.6 is 0 Å². The van der Waals surface area contributed by atoms with Crippen LogP contribution in [0.3, 0.4) is 0 Å². The standard InChI is InChI=1S/C31H41N3O2/c1-33-14-16-34(17-15-33)13-7-8-27(35)20-25-18-24(19-26-23-32-31-12-6-5-11-30(26)31)21-29(22-25)36-28-9-3-2-4-10-28/h5-6,11-12,18,21-23,28,32H,2-4,7-10,13-17,19-20H2,1H3. The molecule has 0 atom stereocenters. The van der Waals surface area contributed by atoms with Crippen LogP contribution in [-0.2, 0) is 17.6 Å². The molecule has 1 saturated carbocycles. The van der Waals surface area contributed by atoms with Crippen molar-refractivity contribution < 1.29 is 9.53 Å². The van der Waals surface area contributed by atoms with E-state index < -0.39 is 0 Å². The van der Waals surface area contributed by atoms with Crippen molar-refractivity contribution in [3.8, 4) is 5.75 Å². The Morgan fingerprint density at radius 2 is 1.78 bits per heavy atom. The number of para-hydroxylation sites is 1. The second kappa shape index (κ2) is 12.1. The van der Waals surface area contributed by atoms with E-state index in [-0.39, 0.29) is 0 Å². The minimum atomic E-state index is 0.300. The van der Waals surface area contributed by atoms with Crippen molar-refractivity contribution in [3.05, 3.63) is 65.4 Å². The maximum Gasteiger partial charge on any atom is 0.137 e. The number of carbonyl (C=O) groups excluding carboxylic acids is 1. The Balaban J connectivity index is 1.25. The minimum absolute atomic E-state index is 0.300. The number of carbonyl (C=O) groups is 1. The Bertz CT molecular complexity index is 1140. The molecule has 2 fully saturated rings. The number of nitrogens with zero attached hydrogens (tertiary/aromatic N) is 2. The molecule has 36 heavy (non-hydrogen) atoms. The van der Waals surface area contributed by atoms with Gasteiger partial charge in [-0.25, -0.2) is 0 Å². The van der Waals surface area contributed by atoms with Crippen molar-refractivity contribution in [1.29, 1.82) is 0 Å². The summed E-state index contributed by atoms with van der Waals surface area (Å²) in [6.07, 6.45) is 11.4. The van der Waals surface area contributed by atoms with Crippen molar-refractivity contribution in [2.45, 2.75) is 63.9 Å². The first-order valence-corrected chi connectivity index (χ1v) is 13.9.